The van der Waals surface area contributed by atoms with Crippen molar-refractivity contribution >= 4 is 17.5 Å². The van der Waals surface area contributed by atoms with E-state index in [0.29, 0.717) is 6.54 Å². The van der Waals surface area contributed by atoms with Crippen LogP contribution in [0, 0.1) is 5.82 Å². The van der Waals surface area contributed by atoms with Gasteiger partial charge >= 0.3 is 11.8 Å². The molecule has 2 amide bonds. The van der Waals surface area contributed by atoms with Gasteiger partial charge in [-0.25, -0.2) is 4.39 Å². The highest BCUT2D eigenvalue weighted by molar-refractivity contribution is 6.35. The zero-order valence-corrected chi connectivity index (χ0v) is 19.3. The number of hydrogen-bond donors (Lipinski definition) is 2. The van der Waals surface area contributed by atoms with Crippen LogP contribution in [0.2, 0.25) is 0 Å². The molecule has 0 radical (unpaired) electrons. The normalized spacial score (nSPS) is 17.5. The van der Waals surface area contributed by atoms with Crippen LogP contribution in [-0.2, 0) is 22.6 Å². The lowest BCUT2D eigenvalue weighted by Gasteiger charge is -2.38. The van der Waals surface area contributed by atoms with E-state index in [4.69, 9.17) is 0 Å². The van der Waals surface area contributed by atoms with E-state index in [1.807, 2.05) is 0 Å². The molecule has 2 aromatic carbocycles. The van der Waals surface area contributed by atoms with E-state index in [0.717, 1.165) is 44.7 Å². The summed E-state index contributed by atoms with van der Waals surface area (Å²) in [6.07, 6.45) is 1.02. The minimum absolute atomic E-state index is 0.00348. The summed E-state index contributed by atoms with van der Waals surface area (Å²) in [6.45, 7) is 5.30. The van der Waals surface area contributed by atoms with Gasteiger partial charge in [-0.1, -0.05) is 24.3 Å². The molecule has 0 aromatic heterocycles. The fraction of sp³-hybridized carbons (Fsp3) is 0.440. The topological polar surface area (TPSA) is 67.9 Å². The van der Waals surface area contributed by atoms with Crippen LogP contribution in [0.3, 0.4) is 0 Å². The molecular formula is C25H32FN5O2. The number of carbonyl (C=O) groups excluding carboxylic acids is 2. The van der Waals surface area contributed by atoms with Gasteiger partial charge in [0.15, 0.2) is 0 Å². The van der Waals surface area contributed by atoms with E-state index < -0.39 is 11.8 Å². The first-order valence-corrected chi connectivity index (χ1v) is 11.5. The Kier molecular flexibility index (Phi) is 7.25. The summed E-state index contributed by atoms with van der Waals surface area (Å²) in [5.41, 5.74) is 4.49. The minimum Gasteiger partial charge on any atom is -0.374 e. The van der Waals surface area contributed by atoms with Crippen LogP contribution >= 0.6 is 0 Å². The maximum Gasteiger partial charge on any atom is 0.309 e. The molecule has 33 heavy (non-hydrogen) atoms. The van der Waals surface area contributed by atoms with Crippen LogP contribution in [0.5, 0.6) is 0 Å². The SMILES string of the molecule is CN1CCN([C@@H](CNC(=O)C(=O)NCc2ccc(F)cc2)c2ccc3c(c2)CCN3C)CC1. The van der Waals surface area contributed by atoms with Crippen LogP contribution in [0.15, 0.2) is 42.5 Å². The number of hydrogen-bond acceptors (Lipinski definition) is 5. The first-order valence-electron chi connectivity index (χ1n) is 11.5. The van der Waals surface area contributed by atoms with Gasteiger partial charge in [0.25, 0.3) is 0 Å². The van der Waals surface area contributed by atoms with Crippen LogP contribution < -0.4 is 15.5 Å². The number of amides is 2. The quantitative estimate of drug-likeness (QED) is 0.650. The average Bonchev–Trinajstić information content (AvgIpc) is 3.19. The second-order valence-corrected chi connectivity index (χ2v) is 8.93. The molecule has 0 aliphatic carbocycles. The summed E-state index contributed by atoms with van der Waals surface area (Å²) in [4.78, 5) is 31.8. The third kappa shape index (κ3) is 5.69. The number of nitrogens with one attached hydrogen (secondary N) is 2. The highest BCUT2D eigenvalue weighted by Gasteiger charge is 2.27. The van der Waals surface area contributed by atoms with Crippen molar-refractivity contribution in [1.29, 1.82) is 0 Å². The first kappa shape index (κ1) is 23.2. The predicted molar refractivity (Wildman–Crippen MR) is 126 cm³/mol. The number of benzene rings is 2. The van der Waals surface area contributed by atoms with E-state index >= 15 is 0 Å². The molecule has 8 heteroatoms. The van der Waals surface area contributed by atoms with E-state index in [-0.39, 0.29) is 18.4 Å². The maximum atomic E-state index is 13.0. The summed E-state index contributed by atoms with van der Waals surface area (Å²) in [5, 5.41) is 5.44. The van der Waals surface area contributed by atoms with Crippen molar-refractivity contribution < 1.29 is 14.0 Å². The number of nitrogens with zero attached hydrogens (tertiary/aromatic N) is 3. The van der Waals surface area contributed by atoms with Crippen molar-refractivity contribution in [2.24, 2.45) is 0 Å². The smallest absolute Gasteiger partial charge is 0.309 e. The lowest BCUT2D eigenvalue weighted by atomic mass is 10.00. The molecular weight excluding hydrogens is 421 g/mol. The van der Waals surface area contributed by atoms with Crippen molar-refractivity contribution in [2.45, 2.75) is 19.0 Å². The first-order chi connectivity index (χ1) is 15.9. The molecule has 2 aromatic rings. The Labute approximate surface area is 194 Å². The Bertz CT molecular complexity index is 989. The molecule has 0 saturated carbocycles. The van der Waals surface area contributed by atoms with Crippen LogP contribution in [0.4, 0.5) is 10.1 Å². The second kappa shape index (κ2) is 10.3. The molecule has 1 atom stereocenters. The molecule has 0 unspecified atom stereocenters. The van der Waals surface area contributed by atoms with Gasteiger partial charge < -0.3 is 20.4 Å². The lowest BCUT2D eigenvalue weighted by Crippen LogP contribution is -2.49. The van der Waals surface area contributed by atoms with Crippen LogP contribution in [0.1, 0.15) is 22.7 Å². The van der Waals surface area contributed by atoms with Crippen molar-refractivity contribution in [3.05, 3.63) is 65.0 Å². The van der Waals surface area contributed by atoms with Gasteiger partial charge in [-0.2, -0.15) is 0 Å². The third-order valence-corrected chi connectivity index (χ3v) is 6.62. The van der Waals surface area contributed by atoms with Gasteiger partial charge in [0, 0.05) is 58.5 Å². The van der Waals surface area contributed by atoms with E-state index in [1.165, 1.54) is 28.9 Å². The monoisotopic (exact) mass is 453 g/mol. The molecule has 4 rings (SSSR count). The fourth-order valence-electron chi connectivity index (χ4n) is 4.52. The molecule has 0 spiro atoms. The number of halogens is 1. The van der Waals surface area contributed by atoms with Gasteiger partial charge in [0.1, 0.15) is 5.82 Å². The summed E-state index contributed by atoms with van der Waals surface area (Å²) in [6, 6.07) is 12.4. The summed E-state index contributed by atoms with van der Waals surface area (Å²) in [7, 11) is 4.22. The third-order valence-electron chi connectivity index (χ3n) is 6.62. The van der Waals surface area contributed by atoms with E-state index in [1.54, 1.807) is 12.1 Å². The Morgan fingerprint density at radius 3 is 2.36 bits per heavy atom. The zero-order valence-electron chi connectivity index (χ0n) is 19.3. The molecule has 1 saturated heterocycles. The summed E-state index contributed by atoms with van der Waals surface area (Å²) >= 11 is 0. The molecule has 0 bridgehead atoms. The molecule has 7 nitrogen and oxygen atoms in total. The van der Waals surface area contributed by atoms with E-state index in [2.05, 4.69) is 57.6 Å². The lowest BCUT2D eigenvalue weighted by molar-refractivity contribution is -0.139. The molecule has 2 heterocycles. The summed E-state index contributed by atoms with van der Waals surface area (Å²) < 4.78 is 13.0. The van der Waals surface area contributed by atoms with Gasteiger partial charge in [0.05, 0.1) is 6.04 Å². The van der Waals surface area contributed by atoms with Crippen molar-refractivity contribution in [2.75, 3.05) is 58.3 Å². The molecule has 2 aliphatic rings. The van der Waals surface area contributed by atoms with Crippen molar-refractivity contribution in [1.82, 2.24) is 20.4 Å². The Hall–Kier alpha value is -2.97. The largest absolute Gasteiger partial charge is 0.374 e. The van der Waals surface area contributed by atoms with Crippen LogP contribution in [0.25, 0.3) is 0 Å². The molecule has 1 fully saturated rings. The number of carbonyl (C=O) groups is 2. The number of anilines is 1. The molecule has 2 aliphatic heterocycles. The van der Waals surface area contributed by atoms with Gasteiger partial charge in [-0.15, -0.1) is 0 Å². The molecule has 2 N–H and O–H groups in total. The zero-order chi connectivity index (χ0) is 23.4. The number of piperazine rings is 1. The predicted octanol–water partition coefficient (Wildman–Crippen LogP) is 1.54. The number of likely N-dealkylation sites (N-methyl/N-ethyl adjacent to an activating group) is 2. The van der Waals surface area contributed by atoms with Gasteiger partial charge in [0.2, 0.25) is 0 Å². The van der Waals surface area contributed by atoms with Crippen LogP contribution in [-0.4, -0.2) is 75.0 Å². The van der Waals surface area contributed by atoms with Crippen molar-refractivity contribution in [3.8, 4) is 0 Å². The average molecular weight is 454 g/mol. The Balaban J connectivity index is 1.40. The Morgan fingerprint density at radius 2 is 1.64 bits per heavy atom. The maximum absolute atomic E-state index is 13.0. The van der Waals surface area contributed by atoms with Crippen molar-refractivity contribution in [3.63, 3.8) is 0 Å². The standard InChI is InChI=1S/C25H32FN5O2/c1-29-11-13-31(14-12-29)23(19-5-8-22-20(15-19)9-10-30(22)2)17-28-25(33)24(32)27-16-18-3-6-21(26)7-4-18/h3-8,15,23H,9-14,16-17H2,1-2H3,(H,27,32)(H,28,33)/t23-/m0/s1. The second-order valence-electron chi connectivity index (χ2n) is 8.93. The van der Waals surface area contributed by atoms with Gasteiger partial charge in [-0.05, 0) is 48.4 Å². The highest BCUT2D eigenvalue weighted by atomic mass is 19.1. The summed E-state index contributed by atoms with van der Waals surface area (Å²) in [5.74, 6) is -1.68. The fourth-order valence-corrected chi connectivity index (χ4v) is 4.52. The Morgan fingerprint density at radius 1 is 0.939 bits per heavy atom. The number of rotatable bonds is 6. The molecule has 176 valence electrons. The van der Waals surface area contributed by atoms with Gasteiger partial charge in [-0.3, -0.25) is 14.5 Å². The minimum atomic E-state index is -0.688. The van der Waals surface area contributed by atoms with E-state index in [9.17, 15) is 14.0 Å². The highest BCUT2D eigenvalue weighted by Crippen LogP contribution is 2.31. The number of fused-ring (bicyclic) bond motifs is 1.